The number of pyridine rings is 1. The molecule has 2 amide bonds. The second-order valence-electron chi connectivity index (χ2n) is 13.3. The quantitative estimate of drug-likeness (QED) is 0.216. The fourth-order valence-electron chi connectivity index (χ4n) is 6.57. The number of carbonyl (C=O) groups is 4. The van der Waals surface area contributed by atoms with Gasteiger partial charge in [0.05, 0.1) is 12.1 Å². The molecule has 250 valence electrons. The molecule has 7 N–H and O–H groups in total. The number of Topliss-reactive ketones (excluding diaryl/α,β-unsaturated/α-hetero) is 2. The van der Waals surface area contributed by atoms with Crippen molar-refractivity contribution in [3.8, 4) is 0 Å². The number of aryl methyl sites for hydroxylation is 2. The second kappa shape index (κ2) is 14.4. The highest BCUT2D eigenvalue weighted by atomic mass is 16.6. The zero-order chi connectivity index (χ0) is 34.5. The molecule has 4 atom stereocenters. The molecule has 0 spiro atoms. The molecule has 0 aliphatic carbocycles. The van der Waals surface area contributed by atoms with E-state index in [0.717, 1.165) is 22.3 Å². The number of nitrogens with two attached hydrogens (primary N) is 3. The molecule has 2 heterocycles. The average Bonchev–Trinajstić information content (AvgIpc) is 3.38. The van der Waals surface area contributed by atoms with Crippen molar-refractivity contribution in [1.29, 1.82) is 0 Å². The van der Waals surface area contributed by atoms with Gasteiger partial charge in [0.2, 0.25) is 5.91 Å². The van der Waals surface area contributed by atoms with E-state index in [1.54, 1.807) is 31.7 Å². The fraction of sp³-hybridized carbons (Fsp3) is 0.417. The van der Waals surface area contributed by atoms with Crippen LogP contribution in [0.5, 0.6) is 0 Å². The monoisotopic (exact) mass is 642 g/mol. The molecule has 11 nitrogen and oxygen atoms in total. The molecule has 1 aliphatic heterocycles. The smallest absolute Gasteiger partial charge is 0.408 e. The highest BCUT2D eigenvalue weighted by Gasteiger charge is 2.62. The van der Waals surface area contributed by atoms with Gasteiger partial charge >= 0.3 is 6.09 Å². The van der Waals surface area contributed by atoms with Crippen LogP contribution in [0.4, 0.5) is 10.6 Å². The number of benzene rings is 2. The molecule has 1 fully saturated rings. The van der Waals surface area contributed by atoms with Gasteiger partial charge in [-0.25, -0.2) is 9.78 Å². The Morgan fingerprint density at radius 1 is 0.979 bits per heavy atom. The van der Waals surface area contributed by atoms with Gasteiger partial charge in [-0.1, -0.05) is 60.7 Å². The number of hydrogen-bond donors (Lipinski definition) is 4. The number of rotatable bonds is 12. The first-order valence-corrected chi connectivity index (χ1v) is 15.8. The summed E-state index contributed by atoms with van der Waals surface area (Å²) in [6, 6.07) is 16.3. The van der Waals surface area contributed by atoms with Crippen LogP contribution in [0.1, 0.15) is 55.1 Å². The molecule has 1 saturated heterocycles. The minimum atomic E-state index is -1.96. The lowest BCUT2D eigenvalue weighted by atomic mass is 9.67. The van der Waals surface area contributed by atoms with E-state index in [2.05, 4.69) is 10.3 Å². The van der Waals surface area contributed by atoms with E-state index >= 15 is 4.79 Å². The number of nitrogens with zero attached hydrogens (tertiary/aromatic N) is 2. The molecule has 3 aromatic rings. The van der Waals surface area contributed by atoms with Crippen LogP contribution in [0.2, 0.25) is 0 Å². The topological polar surface area (TPSA) is 184 Å². The Bertz CT molecular complexity index is 1580. The van der Waals surface area contributed by atoms with Crippen LogP contribution < -0.4 is 22.5 Å². The average molecular weight is 643 g/mol. The molecule has 2 aromatic carbocycles. The van der Waals surface area contributed by atoms with E-state index in [1.165, 1.54) is 0 Å². The third-order valence-electron chi connectivity index (χ3n) is 8.63. The predicted octanol–water partition coefficient (Wildman–Crippen LogP) is 3.17. The van der Waals surface area contributed by atoms with Crippen molar-refractivity contribution in [3.63, 3.8) is 0 Å². The van der Waals surface area contributed by atoms with Gasteiger partial charge in [-0.15, -0.1) is 0 Å². The number of ether oxygens (including phenoxy) is 1. The van der Waals surface area contributed by atoms with Crippen LogP contribution >= 0.6 is 0 Å². The van der Waals surface area contributed by atoms with Crippen LogP contribution in [-0.2, 0) is 38.5 Å². The fourth-order valence-corrected chi connectivity index (χ4v) is 6.57. The highest BCUT2D eigenvalue weighted by molar-refractivity contribution is 6.15. The van der Waals surface area contributed by atoms with Crippen LogP contribution in [0.3, 0.4) is 0 Å². The van der Waals surface area contributed by atoms with Gasteiger partial charge in [0.1, 0.15) is 22.9 Å². The number of nitrogens with one attached hydrogen (secondary N) is 1. The highest BCUT2D eigenvalue weighted by Crippen LogP contribution is 2.42. The van der Waals surface area contributed by atoms with E-state index in [-0.39, 0.29) is 32.4 Å². The first kappa shape index (κ1) is 35.2. The number of nitrogen functional groups attached to an aromatic ring is 1. The van der Waals surface area contributed by atoms with Crippen LogP contribution in [-0.4, -0.2) is 63.7 Å². The van der Waals surface area contributed by atoms with Gasteiger partial charge in [-0.05, 0) is 82.2 Å². The van der Waals surface area contributed by atoms with Crippen molar-refractivity contribution < 1.29 is 23.9 Å². The van der Waals surface area contributed by atoms with E-state index in [0.29, 0.717) is 11.5 Å². The first-order chi connectivity index (χ1) is 22.1. The van der Waals surface area contributed by atoms with Crippen molar-refractivity contribution in [1.82, 2.24) is 15.2 Å². The van der Waals surface area contributed by atoms with Gasteiger partial charge in [0.15, 0.2) is 11.6 Å². The summed E-state index contributed by atoms with van der Waals surface area (Å²) in [7, 11) is 0. The van der Waals surface area contributed by atoms with Crippen molar-refractivity contribution in [3.05, 3.63) is 94.7 Å². The third-order valence-corrected chi connectivity index (χ3v) is 8.63. The van der Waals surface area contributed by atoms with Crippen molar-refractivity contribution in [2.24, 2.45) is 16.9 Å². The van der Waals surface area contributed by atoms with E-state index in [4.69, 9.17) is 21.9 Å². The molecular weight excluding hydrogens is 596 g/mol. The van der Waals surface area contributed by atoms with Gasteiger partial charge in [0.25, 0.3) is 0 Å². The summed E-state index contributed by atoms with van der Waals surface area (Å²) < 4.78 is 5.52. The maximum atomic E-state index is 15.1. The molecule has 1 aliphatic rings. The standard InChI is InChI=1S/C36H46N6O5/c1-22-18-29(38)40-23(2)26(22)21-42-17-16-36(30(42)33(39)45,31(43)27(37)19-24-12-8-6-9-13-24)32(44)28(20-25-14-10-7-11-15-25)41-34(46)47-35(3,4)5/h6-15,18,27-28,30H,16-17,19-21,37H2,1-5H3,(H2,38,40)(H2,39,45)(H,41,46)/t27-,28-,30+,36?/m0/s1. The Kier molecular flexibility index (Phi) is 10.8. The Morgan fingerprint density at radius 3 is 2.09 bits per heavy atom. The number of likely N-dealkylation sites (tertiary alicyclic amines) is 1. The van der Waals surface area contributed by atoms with Crippen molar-refractivity contribution >= 4 is 29.4 Å². The predicted molar refractivity (Wildman–Crippen MR) is 180 cm³/mol. The van der Waals surface area contributed by atoms with Crippen molar-refractivity contribution in [2.75, 3.05) is 12.3 Å². The summed E-state index contributed by atoms with van der Waals surface area (Å²) in [5.74, 6) is -1.73. The number of amides is 2. The number of carbonyl (C=O) groups excluding carboxylic acids is 4. The molecule has 1 unspecified atom stereocenters. The third kappa shape index (κ3) is 8.22. The number of alkyl carbamates (subject to hydrolysis) is 1. The lowest BCUT2D eigenvalue weighted by Gasteiger charge is -2.38. The number of hydrogen-bond acceptors (Lipinski definition) is 9. The normalized spacial score (nSPS) is 19.5. The number of aromatic nitrogens is 1. The van der Waals surface area contributed by atoms with E-state index in [9.17, 15) is 14.4 Å². The van der Waals surface area contributed by atoms with E-state index in [1.807, 2.05) is 74.5 Å². The summed E-state index contributed by atoms with van der Waals surface area (Å²) in [4.78, 5) is 62.6. The Labute approximate surface area is 276 Å². The molecule has 47 heavy (non-hydrogen) atoms. The molecule has 0 saturated carbocycles. The van der Waals surface area contributed by atoms with Crippen LogP contribution in [0.15, 0.2) is 66.7 Å². The number of ketones is 2. The minimum absolute atomic E-state index is 0.0253. The second-order valence-corrected chi connectivity index (χ2v) is 13.3. The Morgan fingerprint density at radius 2 is 1.55 bits per heavy atom. The summed E-state index contributed by atoms with van der Waals surface area (Å²) in [6.07, 6.45) is -0.660. The zero-order valence-electron chi connectivity index (χ0n) is 27.8. The molecule has 0 radical (unpaired) electrons. The molecule has 1 aromatic heterocycles. The maximum absolute atomic E-state index is 15.1. The SMILES string of the molecule is Cc1cc(N)nc(C)c1CN1CCC(C(=O)[C@H](Cc2ccccc2)NC(=O)OC(C)(C)C)(C(=O)[C@@H](N)Cc2ccccc2)[C@H]1C(N)=O. The van der Waals surface area contributed by atoms with Crippen molar-refractivity contribution in [2.45, 2.75) is 84.2 Å². The van der Waals surface area contributed by atoms with Gasteiger partial charge in [0, 0.05) is 18.8 Å². The summed E-state index contributed by atoms with van der Waals surface area (Å²) >= 11 is 0. The number of primary amides is 1. The molecular formula is C36H46N6O5. The molecule has 0 bridgehead atoms. The minimum Gasteiger partial charge on any atom is -0.444 e. The van der Waals surface area contributed by atoms with Gasteiger partial charge < -0.3 is 27.3 Å². The molecule has 4 rings (SSSR count). The summed E-state index contributed by atoms with van der Waals surface area (Å²) in [5.41, 5.74) is 19.7. The number of anilines is 1. The lowest BCUT2D eigenvalue weighted by Crippen LogP contribution is -2.63. The van der Waals surface area contributed by atoms with Crippen LogP contribution in [0.25, 0.3) is 0 Å². The summed E-state index contributed by atoms with van der Waals surface area (Å²) in [6.45, 7) is 9.21. The van der Waals surface area contributed by atoms with E-state index < -0.39 is 52.7 Å². The van der Waals surface area contributed by atoms with Crippen LogP contribution in [0, 0.1) is 19.3 Å². The zero-order valence-corrected chi connectivity index (χ0v) is 27.8. The maximum Gasteiger partial charge on any atom is 0.408 e. The Balaban J connectivity index is 1.82. The van der Waals surface area contributed by atoms with Gasteiger partial charge in [-0.3, -0.25) is 19.3 Å². The first-order valence-electron chi connectivity index (χ1n) is 15.8. The largest absolute Gasteiger partial charge is 0.444 e. The Hall–Kier alpha value is -4.61. The van der Waals surface area contributed by atoms with Gasteiger partial charge in [-0.2, -0.15) is 0 Å². The summed E-state index contributed by atoms with van der Waals surface area (Å²) in [5, 5.41) is 2.72. The molecule has 11 heteroatoms. The lowest BCUT2D eigenvalue weighted by molar-refractivity contribution is -0.149.